The normalized spacial score (nSPS) is 28.9. The third kappa shape index (κ3) is 2.74. The molecule has 110 valence electrons. The Morgan fingerprint density at radius 1 is 1.35 bits per heavy atom. The highest BCUT2D eigenvalue weighted by molar-refractivity contribution is 9.10. The molecule has 0 radical (unpaired) electrons. The van der Waals surface area contributed by atoms with Crippen LogP contribution in [0.15, 0.2) is 22.7 Å². The van der Waals surface area contributed by atoms with Crippen molar-refractivity contribution in [3.63, 3.8) is 0 Å². The SMILES string of the molecule is CCNCc1ccc(N2CC3CCC(O)C3C2)c(Br)c1. The van der Waals surface area contributed by atoms with Crippen LogP contribution in [-0.2, 0) is 6.54 Å². The van der Waals surface area contributed by atoms with Crippen molar-refractivity contribution in [1.29, 1.82) is 0 Å². The number of anilines is 1. The summed E-state index contributed by atoms with van der Waals surface area (Å²) in [4.78, 5) is 2.43. The number of hydrogen-bond acceptors (Lipinski definition) is 3. The zero-order valence-electron chi connectivity index (χ0n) is 12.0. The molecule has 1 aromatic rings. The fourth-order valence-electron chi connectivity index (χ4n) is 3.62. The lowest BCUT2D eigenvalue weighted by atomic mass is 10.00. The monoisotopic (exact) mass is 338 g/mol. The highest BCUT2D eigenvalue weighted by Crippen LogP contribution is 2.41. The summed E-state index contributed by atoms with van der Waals surface area (Å²) in [6.07, 6.45) is 2.08. The number of hydrogen-bond donors (Lipinski definition) is 2. The number of halogens is 1. The van der Waals surface area contributed by atoms with E-state index in [0.717, 1.165) is 32.6 Å². The van der Waals surface area contributed by atoms with Gasteiger partial charge in [0.25, 0.3) is 0 Å². The van der Waals surface area contributed by atoms with Crippen molar-refractivity contribution in [3.05, 3.63) is 28.2 Å². The van der Waals surface area contributed by atoms with E-state index >= 15 is 0 Å². The van der Waals surface area contributed by atoms with Gasteiger partial charge in [-0.15, -0.1) is 0 Å². The van der Waals surface area contributed by atoms with E-state index in [-0.39, 0.29) is 6.10 Å². The van der Waals surface area contributed by atoms with E-state index in [1.165, 1.54) is 22.1 Å². The summed E-state index contributed by atoms with van der Waals surface area (Å²) in [6, 6.07) is 6.62. The van der Waals surface area contributed by atoms with Gasteiger partial charge in [0.15, 0.2) is 0 Å². The van der Waals surface area contributed by atoms with Crippen molar-refractivity contribution in [1.82, 2.24) is 5.32 Å². The van der Waals surface area contributed by atoms with Crippen molar-refractivity contribution in [2.75, 3.05) is 24.5 Å². The second kappa shape index (κ2) is 6.04. The molecule has 1 aliphatic heterocycles. The Kier molecular flexibility index (Phi) is 4.34. The Balaban J connectivity index is 1.72. The van der Waals surface area contributed by atoms with Gasteiger partial charge >= 0.3 is 0 Å². The first kappa shape index (κ1) is 14.4. The third-order valence-electron chi connectivity index (χ3n) is 4.75. The van der Waals surface area contributed by atoms with Crippen LogP contribution in [0.4, 0.5) is 5.69 Å². The summed E-state index contributed by atoms with van der Waals surface area (Å²) < 4.78 is 1.17. The van der Waals surface area contributed by atoms with Crippen molar-refractivity contribution >= 4 is 21.6 Å². The van der Waals surface area contributed by atoms with Gasteiger partial charge in [-0.2, -0.15) is 0 Å². The van der Waals surface area contributed by atoms with E-state index in [1.54, 1.807) is 0 Å². The van der Waals surface area contributed by atoms with E-state index < -0.39 is 0 Å². The molecule has 1 saturated heterocycles. The molecule has 4 heteroatoms. The van der Waals surface area contributed by atoms with Gasteiger partial charge in [-0.25, -0.2) is 0 Å². The zero-order valence-corrected chi connectivity index (χ0v) is 13.6. The lowest BCUT2D eigenvalue weighted by Crippen LogP contribution is -2.24. The number of rotatable bonds is 4. The first-order chi connectivity index (χ1) is 9.69. The van der Waals surface area contributed by atoms with Crippen LogP contribution in [0.5, 0.6) is 0 Å². The van der Waals surface area contributed by atoms with Crippen LogP contribution in [0.3, 0.4) is 0 Å². The maximum Gasteiger partial charge on any atom is 0.0588 e. The number of aliphatic hydroxyl groups excluding tert-OH is 1. The summed E-state index contributed by atoms with van der Waals surface area (Å²) in [6.45, 7) is 6.12. The van der Waals surface area contributed by atoms with Crippen LogP contribution >= 0.6 is 15.9 Å². The van der Waals surface area contributed by atoms with Crippen molar-refractivity contribution < 1.29 is 5.11 Å². The lowest BCUT2D eigenvalue weighted by molar-refractivity contribution is 0.133. The first-order valence-electron chi connectivity index (χ1n) is 7.61. The number of aliphatic hydroxyl groups is 1. The van der Waals surface area contributed by atoms with E-state index in [9.17, 15) is 5.11 Å². The second-order valence-electron chi connectivity index (χ2n) is 6.04. The molecule has 0 aromatic heterocycles. The number of fused-ring (bicyclic) bond motifs is 1. The molecule has 3 rings (SSSR count). The quantitative estimate of drug-likeness (QED) is 0.886. The van der Waals surface area contributed by atoms with Gasteiger partial charge in [-0.05, 0) is 58.9 Å². The molecule has 1 aliphatic carbocycles. The second-order valence-corrected chi connectivity index (χ2v) is 6.89. The molecule has 3 atom stereocenters. The van der Waals surface area contributed by atoms with Crippen LogP contribution in [0.1, 0.15) is 25.3 Å². The van der Waals surface area contributed by atoms with Crippen LogP contribution in [0.2, 0.25) is 0 Å². The predicted molar refractivity (Wildman–Crippen MR) is 86.0 cm³/mol. The van der Waals surface area contributed by atoms with Crippen LogP contribution in [0, 0.1) is 11.8 Å². The van der Waals surface area contributed by atoms with Gasteiger partial charge in [-0.3, -0.25) is 0 Å². The smallest absolute Gasteiger partial charge is 0.0588 e. The summed E-state index contributed by atoms with van der Waals surface area (Å²) in [7, 11) is 0. The Morgan fingerprint density at radius 3 is 2.90 bits per heavy atom. The minimum Gasteiger partial charge on any atom is -0.393 e. The van der Waals surface area contributed by atoms with E-state index in [4.69, 9.17) is 0 Å². The molecule has 0 amide bonds. The average molecular weight is 339 g/mol. The highest BCUT2D eigenvalue weighted by atomic mass is 79.9. The van der Waals surface area contributed by atoms with Gasteiger partial charge in [0.2, 0.25) is 0 Å². The fourth-order valence-corrected chi connectivity index (χ4v) is 4.30. The minimum atomic E-state index is -0.0863. The van der Waals surface area contributed by atoms with E-state index in [1.807, 2.05) is 0 Å². The maximum absolute atomic E-state index is 10.0. The molecule has 1 heterocycles. The van der Waals surface area contributed by atoms with Crippen LogP contribution < -0.4 is 10.2 Å². The summed E-state index contributed by atoms with van der Waals surface area (Å²) in [5, 5.41) is 13.4. The molecule has 2 fully saturated rings. The highest BCUT2D eigenvalue weighted by Gasteiger charge is 2.42. The molecule has 0 bridgehead atoms. The standard InChI is InChI=1S/C16H23BrN2O/c1-2-18-8-11-3-5-15(14(17)7-11)19-9-12-4-6-16(20)13(12)10-19/h3,5,7,12-13,16,18,20H,2,4,6,8-10H2,1H3. The van der Waals surface area contributed by atoms with Crippen LogP contribution in [0.25, 0.3) is 0 Å². The first-order valence-corrected chi connectivity index (χ1v) is 8.40. The van der Waals surface area contributed by atoms with Crippen molar-refractivity contribution in [3.8, 4) is 0 Å². The molecule has 3 unspecified atom stereocenters. The molecular weight excluding hydrogens is 316 g/mol. The molecular formula is C16H23BrN2O. The third-order valence-corrected chi connectivity index (χ3v) is 5.39. The van der Waals surface area contributed by atoms with Crippen molar-refractivity contribution in [2.45, 2.75) is 32.4 Å². The van der Waals surface area contributed by atoms with Gasteiger partial charge in [0, 0.05) is 30.0 Å². The van der Waals surface area contributed by atoms with Crippen molar-refractivity contribution in [2.24, 2.45) is 11.8 Å². The zero-order chi connectivity index (χ0) is 14.1. The molecule has 20 heavy (non-hydrogen) atoms. The van der Waals surface area contributed by atoms with E-state index in [0.29, 0.717) is 11.8 Å². The largest absolute Gasteiger partial charge is 0.393 e. The average Bonchev–Trinajstić information content (AvgIpc) is 2.99. The molecule has 2 aliphatic rings. The minimum absolute atomic E-state index is 0.0863. The fraction of sp³-hybridized carbons (Fsp3) is 0.625. The summed E-state index contributed by atoms with van der Waals surface area (Å²) >= 11 is 3.71. The molecule has 1 saturated carbocycles. The summed E-state index contributed by atoms with van der Waals surface area (Å²) in [5.41, 5.74) is 2.58. The molecule has 3 nitrogen and oxygen atoms in total. The van der Waals surface area contributed by atoms with Gasteiger partial charge < -0.3 is 15.3 Å². The summed E-state index contributed by atoms with van der Waals surface area (Å²) in [5.74, 6) is 1.15. The molecule has 2 N–H and O–H groups in total. The van der Waals surface area contributed by atoms with E-state index in [2.05, 4.69) is 51.3 Å². The number of nitrogens with zero attached hydrogens (tertiary/aromatic N) is 1. The maximum atomic E-state index is 10.0. The topological polar surface area (TPSA) is 35.5 Å². The molecule has 1 aromatic carbocycles. The van der Waals surface area contributed by atoms with Crippen LogP contribution in [-0.4, -0.2) is 30.8 Å². The molecule has 0 spiro atoms. The number of benzene rings is 1. The number of nitrogens with one attached hydrogen (secondary N) is 1. The predicted octanol–water partition coefficient (Wildman–Crippen LogP) is 2.77. The Bertz CT molecular complexity index is 480. The van der Waals surface area contributed by atoms with Gasteiger partial charge in [-0.1, -0.05) is 13.0 Å². The lowest BCUT2D eigenvalue weighted by Gasteiger charge is -2.22. The van der Waals surface area contributed by atoms with Gasteiger partial charge in [0.1, 0.15) is 0 Å². The Morgan fingerprint density at radius 2 is 2.20 bits per heavy atom. The Hall–Kier alpha value is -0.580. The van der Waals surface area contributed by atoms with Gasteiger partial charge in [0.05, 0.1) is 11.8 Å². The Labute approximate surface area is 129 Å².